The first kappa shape index (κ1) is 13.5. The third kappa shape index (κ3) is 2.10. The summed E-state index contributed by atoms with van der Waals surface area (Å²) in [6.07, 6.45) is 1.32. The highest BCUT2D eigenvalue weighted by Gasteiger charge is 2.36. The highest BCUT2D eigenvalue weighted by Crippen LogP contribution is 2.35. The fourth-order valence-electron chi connectivity index (χ4n) is 2.46. The number of rotatable bonds is 3. The number of aliphatic hydroxyl groups is 2. The van der Waals surface area contributed by atoms with Crippen molar-refractivity contribution in [1.29, 1.82) is 0 Å². The summed E-state index contributed by atoms with van der Waals surface area (Å²) in [5.41, 5.74) is 6.67. The second-order valence-corrected chi connectivity index (χ2v) is 5.03. The molecule has 1 saturated heterocycles. The predicted molar refractivity (Wildman–Crippen MR) is 70.9 cm³/mol. The van der Waals surface area contributed by atoms with Crippen LogP contribution in [0.5, 0.6) is 0 Å². The fourth-order valence-corrected chi connectivity index (χ4v) is 2.64. The van der Waals surface area contributed by atoms with Crippen molar-refractivity contribution in [1.82, 2.24) is 19.5 Å². The Labute approximate surface area is 119 Å². The van der Waals surface area contributed by atoms with Crippen LogP contribution >= 0.6 is 11.6 Å². The topological polar surface area (TPSA) is 119 Å². The molecule has 8 nitrogen and oxygen atoms in total. The Kier molecular flexibility index (Phi) is 3.47. The van der Waals surface area contributed by atoms with Gasteiger partial charge in [0, 0.05) is 18.9 Å². The molecule has 2 aromatic rings. The maximum atomic E-state index is 9.30. The number of nitrogen functional groups attached to an aromatic ring is 1. The van der Waals surface area contributed by atoms with Gasteiger partial charge in [-0.25, -0.2) is 4.98 Å². The number of hydrogen-bond acceptors (Lipinski definition) is 7. The molecule has 3 atom stereocenters. The highest BCUT2D eigenvalue weighted by molar-refractivity contribution is 6.28. The van der Waals surface area contributed by atoms with Gasteiger partial charge >= 0.3 is 0 Å². The van der Waals surface area contributed by atoms with Crippen molar-refractivity contribution in [3.63, 3.8) is 0 Å². The second-order valence-electron chi connectivity index (χ2n) is 4.69. The molecule has 0 aromatic carbocycles. The van der Waals surface area contributed by atoms with E-state index in [1.807, 2.05) is 0 Å². The summed E-state index contributed by atoms with van der Waals surface area (Å²) in [6, 6.07) is 0. The third-order valence-electron chi connectivity index (χ3n) is 3.51. The van der Waals surface area contributed by atoms with E-state index in [1.165, 1.54) is 0 Å². The van der Waals surface area contributed by atoms with E-state index in [9.17, 15) is 10.2 Å². The van der Waals surface area contributed by atoms with Gasteiger partial charge in [-0.15, -0.1) is 0 Å². The van der Waals surface area contributed by atoms with Crippen LogP contribution in [0.3, 0.4) is 0 Å². The molecule has 9 heteroatoms. The predicted octanol–water partition coefficient (Wildman–Crippen LogP) is -0.0498. The maximum absolute atomic E-state index is 9.30. The smallest absolute Gasteiger partial charge is 0.226 e. The Morgan fingerprint density at radius 1 is 1.40 bits per heavy atom. The first-order valence-corrected chi connectivity index (χ1v) is 6.54. The van der Waals surface area contributed by atoms with Gasteiger partial charge in [-0.05, 0) is 11.6 Å². The van der Waals surface area contributed by atoms with Crippen molar-refractivity contribution in [2.45, 2.75) is 18.8 Å². The number of fused-ring (bicyclic) bond motifs is 1. The summed E-state index contributed by atoms with van der Waals surface area (Å²) >= 11 is 5.81. The number of nitrogens with zero attached hydrogens (tertiary/aromatic N) is 4. The van der Waals surface area contributed by atoms with Crippen molar-refractivity contribution in [2.75, 3.05) is 18.9 Å². The van der Waals surface area contributed by atoms with Crippen LogP contribution in [-0.4, -0.2) is 49.0 Å². The van der Waals surface area contributed by atoms with E-state index in [0.717, 1.165) is 0 Å². The lowest BCUT2D eigenvalue weighted by molar-refractivity contribution is -0.0334. The van der Waals surface area contributed by atoms with Gasteiger partial charge in [0.05, 0.1) is 19.0 Å². The van der Waals surface area contributed by atoms with Crippen molar-refractivity contribution in [3.05, 3.63) is 11.6 Å². The Hall–Kier alpha value is -1.48. The molecule has 3 rings (SSSR count). The van der Waals surface area contributed by atoms with E-state index >= 15 is 0 Å². The lowest BCUT2D eigenvalue weighted by atomic mass is 10.0. The van der Waals surface area contributed by atoms with E-state index < -0.39 is 6.10 Å². The normalized spacial score (nSPS) is 26.4. The Morgan fingerprint density at radius 3 is 2.85 bits per heavy atom. The zero-order valence-electron chi connectivity index (χ0n) is 10.5. The molecule has 4 N–H and O–H groups in total. The summed E-state index contributed by atoms with van der Waals surface area (Å²) < 4.78 is 7.41. The monoisotopic (exact) mass is 299 g/mol. The van der Waals surface area contributed by atoms with Crippen molar-refractivity contribution in [3.8, 4) is 0 Å². The van der Waals surface area contributed by atoms with Crippen molar-refractivity contribution in [2.24, 2.45) is 5.92 Å². The van der Waals surface area contributed by atoms with Gasteiger partial charge in [-0.3, -0.25) is 4.57 Å². The number of ether oxygens (including phenoxy) is 1. The number of aliphatic hydroxyl groups excluding tert-OH is 2. The van der Waals surface area contributed by atoms with Gasteiger partial charge in [-0.1, -0.05) is 0 Å². The van der Waals surface area contributed by atoms with Gasteiger partial charge in [0.25, 0.3) is 0 Å². The first-order valence-electron chi connectivity index (χ1n) is 6.16. The molecule has 2 aromatic heterocycles. The van der Waals surface area contributed by atoms with Crippen molar-refractivity contribution < 1.29 is 14.9 Å². The van der Waals surface area contributed by atoms with Crippen LogP contribution in [0.1, 0.15) is 12.6 Å². The number of nitrogens with two attached hydrogens (primary N) is 1. The SMILES string of the molecule is Nc1nc(Cl)nc2c1ncn2[C@@H]1C[C@H](CO)[C@@H](CO)O1. The minimum Gasteiger partial charge on any atom is -0.396 e. The number of imidazole rings is 1. The van der Waals surface area contributed by atoms with E-state index in [2.05, 4.69) is 15.0 Å². The summed E-state index contributed by atoms with van der Waals surface area (Å²) in [5, 5.41) is 18.6. The molecule has 0 radical (unpaired) electrons. The summed E-state index contributed by atoms with van der Waals surface area (Å²) in [7, 11) is 0. The fraction of sp³-hybridized carbons (Fsp3) is 0.545. The summed E-state index contributed by atoms with van der Waals surface area (Å²) in [4.78, 5) is 12.1. The van der Waals surface area contributed by atoms with Crippen LogP contribution in [0.4, 0.5) is 5.82 Å². The lowest BCUT2D eigenvalue weighted by Gasteiger charge is -2.14. The maximum Gasteiger partial charge on any atom is 0.226 e. The lowest BCUT2D eigenvalue weighted by Crippen LogP contribution is -2.23. The highest BCUT2D eigenvalue weighted by atomic mass is 35.5. The van der Waals surface area contributed by atoms with Gasteiger partial charge < -0.3 is 20.7 Å². The average molecular weight is 300 g/mol. The second kappa shape index (κ2) is 5.13. The zero-order valence-corrected chi connectivity index (χ0v) is 11.2. The van der Waals surface area contributed by atoms with Gasteiger partial charge in [0.15, 0.2) is 11.5 Å². The van der Waals surface area contributed by atoms with E-state index in [0.29, 0.717) is 17.6 Å². The van der Waals surface area contributed by atoms with Crippen LogP contribution in [0, 0.1) is 5.92 Å². The zero-order chi connectivity index (χ0) is 14.3. The molecule has 0 amide bonds. The number of hydrogen-bond donors (Lipinski definition) is 3. The number of aromatic nitrogens is 4. The van der Waals surface area contributed by atoms with Crippen molar-refractivity contribution >= 4 is 28.6 Å². The molecule has 1 aliphatic rings. The minimum atomic E-state index is -0.405. The largest absolute Gasteiger partial charge is 0.396 e. The average Bonchev–Trinajstić information content (AvgIpc) is 3.01. The van der Waals surface area contributed by atoms with Crippen LogP contribution < -0.4 is 5.73 Å². The molecule has 0 spiro atoms. The quantitative estimate of drug-likeness (QED) is 0.680. The van der Waals surface area contributed by atoms with E-state index in [-0.39, 0.29) is 36.5 Å². The van der Waals surface area contributed by atoms with Crippen LogP contribution in [0.15, 0.2) is 6.33 Å². The van der Waals surface area contributed by atoms with Crippen LogP contribution in [-0.2, 0) is 4.74 Å². The molecule has 1 aliphatic heterocycles. The molecule has 0 aliphatic carbocycles. The number of halogens is 1. The van der Waals surface area contributed by atoms with E-state index in [4.69, 9.17) is 22.1 Å². The van der Waals surface area contributed by atoms with Crippen LogP contribution in [0.25, 0.3) is 11.2 Å². The van der Waals surface area contributed by atoms with E-state index in [1.54, 1.807) is 10.9 Å². The first-order chi connectivity index (χ1) is 9.63. The Bertz CT molecular complexity index is 622. The third-order valence-corrected chi connectivity index (χ3v) is 3.68. The molecule has 108 valence electrons. The standard InChI is InChI=1S/C11H14ClN5O3/c12-11-15-9(13)8-10(16-11)17(4-14-8)7-1-5(2-18)6(3-19)20-7/h4-7,18-19H,1-3H2,(H2,13,15,16)/t5-,6-,7+/m1/s1. The van der Waals surface area contributed by atoms with Gasteiger partial charge in [0.2, 0.25) is 5.28 Å². The number of anilines is 1. The molecular weight excluding hydrogens is 286 g/mol. The molecule has 1 fully saturated rings. The Morgan fingerprint density at radius 2 is 2.20 bits per heavy atom. The molecule has 0 saturated carbocycles. The molecule has 0 bridgehead atoms. The molecule has 20 heavy (non-hydrogen) atoms. The Balaban J connectivity index is 1.99. The molecule has 3 heterocycles. The van der Waals surface area contributed by atoms with Gasteiger partial charge in [-0.2, -0.15) is 9.97 Å². The summed E-state index contributed by atoms with van der Waals surface area (Å²) in [5.74, 6) is 0.0752. The molecular formula is C11H14ClN5O3. The van der Waals surface area contributed by atoms with Gasteiger partial charge in [0.1, 0.15) is 11.7 Å². The minimum absolute atomic E-state index is 0.0344. The van der Waals surface area contributed by atoms with Crippen LogP contribution in [0.2, 0.25) is 5.28 Å². The molecule has 0 unspecified atom stereocenters. The summed E-state index contributed by atoms with van der Waals surface area (Å²) in [6.45, 7) is -0.196.